The average Bonchev–Trinajstić information content (AvgIpc) is 2.37. The normalized spacial score (nSPS) is 13.2. The van der Waals surface area contributed by atoms with Gasteiger partial charge in [0.1, 0.15) is 5.82 Å². The topological polar surface area (TPSA) is 29.1 Å². The summed E-state index contributed by atoms with van der Waals surface area (Å²) in [4.78, 5) is 12.1. The van der Waals surface area contributed by atoms with E-state index in [1.165, 1.54) is 19.1 Å². The minimum atomic E-state index is -4.35. The quantitative estimate of drug-likeness (QED) is 0.851. The van der Waals surface area contributed by atoms with Gasteiger partial charge in [0.2, 0.25) is 0 Å². The molecule has 0 aliphatic heterocycles. The van der Waals surface area contributed by atoms with Gasteiger partial charge in [0.15, 0.2) is 0 Å². The van der Waals surface area contributed by atoms with Crippen LogP contribution in [0.2, 0.25) is 0 Å². The molecule has 0 aliphatic rings. The summed E-state index contributed by atoms with van der Waals surface area (Å²) in [6, 6.07) is 7.68. The van der Waals surface area contributed by atoms with Gasteiger partial charge < -0.3 is 5.32 Å². The Balaban J connectivity index is 2.26. The summed E-state index contributed by atoms with van der Waals surface area (Å²) in [5, 5.41) is 2.91. The van der Waals surface area contributed by atoms with Gasteiger partial charge >= 0.3 is 6.18 Å². The van der Waals surface area contributed by atoms with Gasteiger partial charge in [-0.25, -0.2) is 4.39 Å². The smallest absolute Gasteiger partial charge is 0.349 e. The zero-order valence-electron chi connectivity index (χ0n) is 11.2. The number of carbonyl (C=O) groups is 1. The molecule has 6 heteroatoms. The summed E-state index contributed by atoms with van der Waals surface area (Å²) in [6.45, 7) is 1.27. The summed E-state index contributed by atoms with van der Waals surface area (Å²) in [7, 11) is 0. The van der Waals surface area contributed by atoms with Crippen LogP contribution in [-0.2, 0) is 0 Å². The van der Waals surface area contributed by atoms with Crippen molar-refractivity contribution in [2.45, 2.75) is 25.6 Å². The highest BCUT2D eigenvalue weighted by atomic mass is 19.4. The third-order valence-electron chi connectivity index (χ3n) is 3.03. The zero-order valence-corrected chi connectivity index (χ0v) is 11.2. The second-order valence-electron chi connectivity index (χ2n) is 4.83. The summed E-state index contributed by atoms with van der Waals surface area (Å²) >= 11 is 0. The molecule has 1 N–H and O–H groups in total. The molecule has 21 heavy (non-hydrogen) atoms. The molecule has 1 atom stereocenters. The van der Waals surface area contributed by atoms with Crippen LogP contribution in [0.25, 0.3) is 10.8 Å². The first-order chi connectivity index (χ1) is 9.78. The van der Waals surface area contributed by atoms with Crippen molar-refractivity contribution in [1.29, 1.82) is 0 Å². The molecule has 0 aromatic heterocycles. The first kappa shape index (κ1) is 15.3. The maximum Gasteiger partial charge on any atom is 0.391 e. The fraction of sp³-hybridized carbons (Fsp3) is 0.267. The molecular formula is C15H13F4NO. The molecule has 2 rings (SSSR count). The molecule has 0 bridgehead atoms. The maximum atomic E-state index is 13.6. The number of hydrogen-bond donors (Lipinski definition) is 1. The van der Waals surface area contributed by atoms with Crippen molar-refractivity contribution in [2.75, 3.05) is 0 Å². The van der Waals surface area contributed by atoms with Gasteiger partial charge in [-0.05, 0) is 24.4 Å². The third kappa shape index (κ3) is 3.71. The predicted molar refractivity (Wildman–Crippen MR) is 71.5 cm³/mol. The van der Waals surface area contributed by atoms with Crippen molar-refractivity contribution in [3.8, 4) is 0 Å². The average molecular weight is 299 g/mol. The molecule has 0 spiro atoms. The molecule has 2 nitrogen and oxygen atoms in total. The molecule has 0 radical (unpaired) electrons. The minimum absolute atomic E-state index is 0.154. The molecule has 0 aliphatic carbocycles. The fourth-order valence-electron chi connectivity index (χ4n) is 2.16. The standard InChI is InChI=1S/C15H13F4NO/c1-9(8-15(17,18)19)20-14(21)12-6-7-13(16)11-5-3-2-4-10(11)12/h2-7,9H,8H2,1H3,(H,20,21). The Bertz CT molecular complexity index is 666. The van der Waals surface area contributed by atoms with Crippen LogP contribution in [-0.4, -0.2) is 18.1 Å². The molecule has 1 unspecified atom stereocenters. The summed E-state index contributed by atoms with van der Waals surface area (Å²) < 4.78 is 50.4. The van der Waals surface area contributed by atoms with E-state index >= 15 is 0 Å². The van der Waals surface area contributed by atoms with E-state index in [0.29, 0.717) is 5.39 Å². The number of fused-ring (bicyclic) bond motifs is 1. The Labute approximate surface area is 118 Å². The van der Waals surface area contributed by atoms with Gasteiger partial charge in [0.05, 0.1) is 6.42 Å². The molecule has 0 saturated carbocycles. The van der Waals surface area contributed by atoms with Gasteiger partial charge in [-0.3, -0.25) is 4.79 Å². The van der Waals surface area contributed by atoms with E-state index in [1.54, 1.807) is 18.2 Å². The molecule has 1 amide bonds. The van der Waals surface area contributed by atoms with Gasteiger partial charge in [0.25, 0.3) is 5.91 Å². The van der Waals surface area contributed by atoms with Crippen LogP contribution < -0.4 is 5.32 Å². The van der Waals surface area contributed by atoms with E-state index in [9.17, 15) is 22.4 Å². The lowest BCUT2D eigenvalue weighted by molar-refractivity contribution is -0.138. The lowest BCUT2D eigenvalue weighted by Crippen LogP contribution is -2.36. The number of nitrogens with one attached hydrogen (secondary N) is 1. The van der Waals surface area contributed by atoms with Crippen molar-refractivity contribution in [1.82, 2.24) is 5.32 Å². The van der Waals surface area contributed by atoms with E-state index in [1.807, 2.05) is 0 Å². The van der Waals surface area contributed by atoms with E-state index in [2.05, 4.69) is 5.32 Å². The Morgan fingerprint density at radius 1 is 1.14 bits per heavy atom. The first-order valence-electron chi connectivity index (χ1n) is 6.33. The lowest BCUT2D eigenvalue weighted by atomic mass is 10.0. The zero-order chi connectivity index (χ0) is 15.6. The second-order valence-corrected chi connectivity index (χ2v) is 4.83. The summed E-state index contributed by atoms with van der Waals surface area (Å²) in [6.07, 6.45) is -5.46. The fourth-order valence-corrected chi connectivity index (χ4v) is 2.16. The SMILES string of the molecule is CC(CC(F)(F)F)NC(=O)c1ccc(F)c2ccccc12. The second kappa shape index (κ2) is 5.71. The number of benzene rings is 2. The summed E-state index contributed by atoms with van der Waals surface area (Å²) in [5.41, 5.74) is 0.154. The van der Waals surface area contributed by atoms with E-state index in [4.69, 9.17) is 0 Å². The van der Waals surface area contributed by atoms with Gasteiger partial charge in [0, 0.05) is 17.0 Å². The maximum absolute atomic E-state index is 13.6. The molecule has 112 valence electrons. The largest absolute Gasteiger partial charge is 0.391 e. The van der Waals surface area contributed by atoms with Crippen LogP contribution in [0, 0.1) is 5.82 Å². The number of halogens is 4. The van der Waals surface area contributed by atoms with E-state index < -0.39 is 30.4 Å². The van der Waals surface area contributed by atoms with Crippen molar-refractivity contribution in [3.63, 3.8) is 0 Å². The summed E-state index contributed by atoms with van der Waals surface area (Å²) in [5.74, 6) is -1.13. The van der Waals surface area contributed by atoms with Crippen LogP contribution in [0.3, 0.4) is 0 Å². The molecule has 0 fully saturated rings. The number of amides is 1. The minimum Gasteiger partial charge on any atom is -0.349 e. The Morgan fingerprint density at radius 3 is 2.38 bits per heavy atom. The molecular weight excluding hydrogens is 286 g/mol. The third-order valence-corrected chi connectivity index (χ3v) is 3.03. The van der Waals surface area contributed by atoms with Crippen LogP contribution in [0.4, 0.5) is 17.6 Å². The highest BCUT2D eigenvalue weighted by molar-refractivity contribution is 6.07. The predicted octanol–water partition coefficient (Wildman–Crippen LogP) is 4.05. The molecule has 0 heterocycles. The Kier molecular flexibility index (Phi) is 4.16. The van der Waals surface area contributed by atoms with Crippen molar-refractivity contribution in [3.05, 3.63) is 47.8 Å². The van der Waals surface area contributed by atoms with Crippen LogP contribution in [0.1, 0.15) is 23.7 Å². The molecule has 0 saturated heterocycles. The van der Waals surface area contributed by atoms with Gasteiger partial charge in [-0.1, -0.05) is 24.3 Å². The number of hydrogen-bond acceptors (Lipinski definition) is 1. The highest BCUT2D eigenvalue weighted by Crippen LogP contribution is 2.23. The number of rotatable bonds is 3. The lowest BCUT2D eigenvalue weighted by Gasteiger charge is -2.16. The van der Waals surface area contributed by atoms with Gasteiger partial charge in [-0.2, -0.15) is 13.2 Å². The van der Waals surface area contributed by atoms with Crippen LogP contribution in [0.15, 0.2) is 36.4 Å². The molecule has 2 aromatic rings. The Hall–Kier alpha value is -2.11. The van der Waals surface area contributed by atoms with Crippen LogP contribution >= 0.6 is 0 Å². The monoisotopic (exact) mass is 299 g/mol. The van der Waals surface area contributed by atoms with E-state index in [-0.39, 0.29) is 10.9 Å². The van der Waals surface area contributed by atoms with Crippen LogP contribution in [0.5, 0.6) is 0 Å². The van der Waals surface area contributed by atoms with Crippen molar-refractivity contribution in [2.24, 2.45) is 0 Å². The number of alkyl halides is 3. The molecule has 2 aromatic carbocycles. The number of carbonyl (C=O) groups excluding carboxylic acids is 1. The van der Waals surface area contributed by atoms with E-state index in [0.717, 1.165) is 6.07 Å². The van der Waals surface area contributed by atoms with Crippen molar-refractivity contribution >= 4 is 16.7 Å². The highest BCUT2D eigenvalue weighted by Gasteiger charge is 2.30. The first-order valence-corrected chi connectivity index (χ1v) is 6.33. The van der Waals surface area contributed by atoms with Crippen molar-refractivity contribution < 1.29 is 22.4 Å². The Morgan fingerprint density at radius 2 is 1.76 bits per heavy atom. The van der Waals surface area contributed by atoms with Gasteiger partial charge in [-0.15, -0.1) is 0 Å².